The van der Waals surface area contributed by atoms with E-state index in [4.69, 9.17) is 6.42 Å². The summed E-state index contributed by atoms with van der Waals surface area (Å²) in [5.41, 5.74) is 0. The van der Waals surface area contributed by atoms with Crippen LogP contribution in [0.4, 0.5) is 0 Å². The van der Waals surface area contributed by atoms with E-state index in [0.29, 0.717) is 6.61 Å². The number of ether oxygens (including phenoxy) is 1. The summed E-state index contributed by atoms with van der Waals surface area (Å²) in [6.07, 6.45) is 9.36. The van der Waals surface area contributed by atoms with E-state index in [1.54, 1.807) is 14.0 Å². The lowest BCUT2D eigenvalue weighted by atomic mass is 10.8. The van der Waals surface area contributed by atoms with Crippen molar-refractivity contribution in [1.29, 1.82) is 0 Å². The number of rotatable bonds is 1. The number of hydrogen-bond acceptors (Lipinski definition) is 1. The van der Waals surface area contributed by atoms with Gasteiger partial charge >= 0.3 is 0 Å². The molecule has 0 heterocycles. The summed E-state index contributed by atoms with van der Waals surface area (Å²) in [7, 11) is 1.57. The van der Waals surface area contributed by atoms with Crippen LogP contribution in [0.3, 0.4) is 0 Å². The van der Waals surface area contributed by atoms with Gasteiger partial charge in [-0.2, -0.15) is 0 Å². The minimum Gasteiger partial charge on any atom is -0.372 e. The van der Waals surface area contributed by atoms with E-state index in [-0.39, 0.29) is 0 Å². The first-order valence-electron chi connectivity index (χ1n) is 2.13. The molecule has 8 heavy (non-hydrogen) atoms. The standard InChI is InChI=1S/C4H6O.C3H4/c1-3-4-5-2;1-3-2/h1H,4H2,2H3;1H,2H3. The van der Waals surface area contributed by atoms with Crippen LogP contribution in [0.2, 0.25) is 0 Å². The van der Waals surface area contributed by atoms with Gasteiger partial charge in [-0.15, -0.1) is 18.8 Å². The van der Waals surface area contributed by atoms with Gasteiger partial charge in [-0.3, -0.25) is 0 Å². The fourth-order valence-electron chi connectivity index (χ4n) is 0.0833. The second kappa shape index (κ2) is 16.5. The highest BCUT2D eigenvalue weighted by Crippen LogP contribution is 1.53. The maximum atomic E-state index is 4.76. The summed E-state index contributed by atoms with van der Waals surface area (Å²) in [5.74, 6) is 4.55. The second-order valence-electron chi connectivity index (χ2n) is 0.926. The van der Waals surface area contributed by atoms with Gasteiger partial charge in [-0.05, 0) is 6.92 Å². The van der Waals surface area contributed by atoms with Crippen molar-refractivity contribution in [2.45, 2.75) is 6.92 Å². The van der Waals surface area contributed by atoms with E-state index in [0.717, 1.165) is 0 Å². The molecule has 0 N–H and O–H groups in total. The molecule has 0 bridgehead atoms. The SMILES string of the molecule is C#CC.C#CCOC. The van der Waals surface area contributed by atoms with Crippen molar-refractivity contribution in [1.82, 2.24) is 0 Å². The van der Waals surface area contributed by atoms with Crippen LogP contribution in [0.5, 0.6) is 0 Å². The largest absolute Gasteiger partial charge is 0.372 e. The van der Waals surface area contributed by atoms with E-state index >= 15 is 0 Å². The van der Waals surface area contributed by atoms with Gasteiger partial charge in [0.15, 0.2) is 0 Å². The van der Waals surface area contributed by atoms with Gasteiger partial charge in [0.25, 0.3) is 0 Å². The van der Waals surface area contributed by atoms with Crippen molar-refractivity contribution < 1.29 is 4.74 Å². The van der Waals surface area contributed by atoms with Crippen LogP contribution < -0.4 is 0 Å². The Morgan fingerprint density at radius 2 is 1.88 bits per heavy atom. The second-order valence-corrected chi connectivity index (χ2v) is 0.926. The van der Waals surface area contributed by atoms with E-state index in [1.165, 1.54) is 0 Å². The molecule has 0 aromatic heterocycles. The zero-order chi connectivity index (χ0) is 6.83. The Morgan fingerprint density at radius 3 is 1.88 bits per heavy atom. The number of terminal acetylenes is 2. The lowest BCUT2D eigenvalue weighted by Gasteiger charge is -1.76. The highest BCUT2D eigenvalue weighted by Gasteiger charge is 1.57. The average Bonchev–Trinajstić information content (AvgIpc) is 1.71. The summed E-state index contributed by atoms with van der Waals surface area (Å²) >= 11 is 0. The monoisotopic (exact) mass is 110 g/mol. The number of hydrogen-bond donors (Lipinski definition) is 0. The third-order valence-electron chi connectivity index (χ3n) is 0.228. The molecule has 0 aliphatic rings. The van der Waals surface area contributed by atoms with Gasteiger partial charge < -0.3 is 4.74 Å². The van der Waals surface area contributed by atoms with Gasteiger partial charge in [-0.1, -0.05) is 5.92 Å². The topological polar surface area (TPSA) is 9.23 Å². The Balaban J connectivity index is 0. The van der Waals surface area contributed by atoms with E-state index < -0.39 is 0 Å². The molecule has 0 aliphatic carbocycles. The van der Waals surface area contributed by atoms with Crippen molar-refractivity contribution in [2.24, 2.45) is 0 Å². The van der Waals surface area contributed by atoms with Crippen LogP contribution in [-0.2, 0) is 4.74 Å². The molecule has 0 aliphatic heterocycles. The first kappa shape index (κ1) is 10.1. The van der Waals surface area contributed by atoms with Gasteiger partial charge in [0.05, 0.1) is 0 Å². The maximum Gasteiger partial charge on any atom is 0.107 e. The predicted molar refractivity (Wildman–Crippen MR) is 35.2 cm³/mol. The van der Waals surface area contributed by atoms with Crippen LogP contribution >= 0.6 is 0 Å². The predicted octanol–water partition coefficient (Wildman–Crippen LogP) is 0.905. The van der Waals surface area contributed by atoms with E-state index in [1.807, 2.05) is 0 Å². The van der Waals surface area contributed by atoms with Crippen LogP contribution in [-0.4, -0.2) is 13.7 Å². The fraction of sp³-hybridized carbons (Fsp3) is 0.429. The first-order valence-corrected chi connectivity index (χ1v) is 2.13. The van der Waals surface area contributed by atoms with Crippen molar-refractivity contribution in [3.8, 4) is 24.7 Å². The molecule has 44 valence electrons. The first-order chi connectivity index (χ1) is 3.83. The Kier molecular flexibility index (Phi) is 21.0. The lowest BCUT2D eigenvalue weighted by molar-refractivity contribution is 0.240. The Hall–Kier alpha value is -0.920. The molecule has 0 amide bonds. The fourth-order valence-corrected chi connectivity index (χ4v) is 0.0833. The molecule has 0 unspecified atom stereocenters. The van der Waals surface area contributed by atoms with Crippen molar-refractivity contribution in [2.75, 3.05) is 13.7 Å². The minimum absolute atomic E-state index is 0.417. The molecule has 0 atom stereocenters. The molecule has 0 fully saturated rings. The molecule has 0 spiro atoms. The average molecular weight is 110 g/mol. The highest BCUT2D eigenvalue weighted by molar-refractivity contribution is 4.82. The van der Waals surface area contributed by atoms with E-state index in [9.17, 15) is 0 Å². The van der Waals surface area contributed by atoms with Gasteiger partial charge in [-0.25, -0.2) is 0 Å². The van der Waals surface area contributed by atoms with Gasteiger partial charge in [0, 0.05) is 7.11 Å². The molecule has 0 saturated carbocycles. The molecule has 1 nitrogen and oxygen atoms in total. The molecular weight excluding hydrogens is 100 g/mol. The van der Waals surface area contributed by atoms with Crippen LogP contribution in [0, 0.1) is 24.7 Å². The highest BCUT2D eigenvalue weighted by atomic mass is 16.5. The summed E-state index contributed by atoms with van der Waals surface area (Å²) in [6, 6.07) is 0. The van der Waals surface area contributed by atoms with Crippen molar-refractivity contribution >= 4 is 0 Å². The van der Waals surface area contributed by atoms with Crippen molar-refractivity contribution in [3.63, 3.8) is 0 Å². The summed E-state index contributed by atoms with van der Waals surface area (Å²) in [6.45, 7) is 2.07. The smallest absolute Gasteiger partial charge is 0.107 e. The number of methoxy groups -OCH3 is 1. The molecule has 0 radical (unpaired) electrons. The van der Waals surface area contributed by atoms with E-state index in [2.05, 4.69) is 23.0 Å². The molecule has 0 rings (SSSR count). The molecule has 0 aromatic rings. The molecular formula is C7H10O. The van der Waals surface area contributed by atoms with Crippen LogP contribution in [0.1, 0.15) is 6.92 Å². The quantitative estimate of drug-likeness (QED) is 0.456. The van der Waals surface area contributed by atoms with Gasteiger partial charge in [0.1, 0.15) is 6.61 Å². The lowest BCUT2D eigenvalue weighted by Crippen LogP contribution is -1.77. The summed E-state index contributed by atoms with van der Waals surface area (Å²) in [4.78, 5) is 0. The Labute approximate surface area is 51.0 Å². The maximum absolute atomic E-state index is 4.76. The minimum atomic E-state index is 0.417. The zero-order valence-corrected chi connectivity index (χ0v) is 5.27. The third-order valence-corrected chi connectivity index (χ3v) is 0.228. The Morgan fingerprint density at radius 1 is 1.50 bits per heavy atom. The molecule has 1 heteroatoms. The normalized spacial score (nSPS) is 5.00. The molecule has 0 saturated heterocycles. The summed E-state index contributed by atoms with van der Waals surface area (Å²) < 4.78 is 4.45. The van der Waals surface area contributed by atoms with Crippen LogP contribution in [0.25, 0.3) is 0 Å². The van der Waals surface area contributed by atoms with Gasteiger partial charge in [0.2, 0.25) is 0 Å². The van der Waals surface area contributed by atoms with Crippen molar-refractivity contribution in [3.05, 3.63) is 0 Å². The summed E-state index contributed by atoms with van der Waals surface area (Å²) in [5, 5.41) is 0. The Bertz CT molecular complexity index is 91.9. The zero-order valence-electron chi connectivity index (χ0n) is 5.27. The van der Waals surface area contributed by atoms with Crippen LogP contribution in [0.15, 0.2) is 0 Å². The third kappa shape index (κ3) is 72.5. The molecule has 0 aromatic carbocycles.